The molecule has 1 saturated heterocycles. The van der Waals surface area contributed by atoms with E-state index in [2.05, 4.69) is 15.3 Å². The summed E-state index contributed by atoms with van der Waals surface area (Å²) in [6, 6.07) is 27.0. The van der Waals surface area contributed by atoms with E-state index in [0.717, 1.165) is 34.4 Å². The first-order valence-corrected chi connectivity index (χ1v) is 11.8. The first-order chi connectivity index (χ1) is 16.7. The molecule has 0 spiro atoms. The predicted molar refractivity (Wildman–Crippen MR) is 132 cm³/mol. The van der Waals surface area contributed by atoms with Crippen LogP contribution in [-0.2, 0) is 16.0 Å². The van der Waals surface area contributed by atoms with Gasteiger partial charge in [-0.15, -0.1) is 0 Å². The van der Waals surface area contributed by atoms with Crippen LogP contribution in [0.15, 0.2) is 84.9 Å². The minimum absolute atomic E-state index is 0.00548. The van der Waals surface area contributed by atoms with Gasteiger partial charge in [-0.3, -0.25) is 9.59 Å². The van der Waals surface area contributed by atoms with Crippen LogP contribution in [0.1, 0.15) is 42.3 Å². The molecule has 2 amide bonds. The van der Waals surface area contributed by atoms with E-state index in [1.54, 1.807) is 4.90 Å². The van der Waals surface area contributed by atoms with Crippen molar-refractivity contribution in [2.75, 3.05) is 6.54 Å². The fourth-order valence-corrected chi connectivity index (χ4v) is 4.72. The largest absolute Gasteiger partial charge is 0.343 e. The summed E-state index contributed by atoms with van der Waals surface area (Å²) < 4.78 is 0. The van der Waals surface area contributed by atoms with Crippen LogP contribution >= 0.6 is 0 Å². The van der Waals surface area contributed by atoms with Crippen LogP contribution < -0.4 is 5.32 Å². The van der Waals surface area contributed by atoms with Crippen molar-refractivity contribution in [3.8, 4) is 0 Å². The molecule has 34 heavy (non-hydrogen) atoms. The molecule has 4 aromatic rings. The number of nitrogens with one attached hydrogen (secondary N) is 2. The third kappa shape index (κ3) is 4.71. The predicted octanol–water partition coefficient (Wildman–Crippen LogP) is 4.39. The van der Waals surface area contributed by atoms with Crippen molar-refractivity contribution >= 4 is 22.8 Å². The molecule has 1 fully saturated rings. The van der Waals surface area contributed by atoms with Gasteiger partial charge in [-0.25, -0.2) is 4.98 Å². The van der Waals surface area contributed by atoms with Gasteiger partial charge >= 0.3 is 0 Å². The molecule has 1 atom stereocenters. The molecule has 0 radical (unpaired) electrons. The summed E-state index contributed by atoms with van der Waals surface area (Å²) in [6.45, 7) is 0.610. The number of rotatable bonds is 7. The SMILES string of the molecule is O=C(NC(c1ccccc1)c1ccccc1)[C@@H]1CCCN1C(=O)CCc1nc2ccccc2[nH]1. The smallest absolute Gasteiger partial charge is 0.243 e. The number of carbonyl (C=O) groups is 2. The summed E-state index contributed by atoms with van der Waals surface area (Å²) in [7, 11) is 0. The van der Waals surface area contributed by atoms with Crippen LogP contribution in [0.4, 0.5) is 0 Å². The van der Waals surface area contributed by atoms with Crippen LogP contribution in [0.3, 0.4) is 0 Å². The van der Waals surface area contributed by atoms with Gasteiger partial charge in [0.15, 0.2) is 0 Å². The molecule has 2 N–H and O–H groups in total. The molecule has 6 nitrogen and oxygen atoms in total. The van der Waals surface area contributed by atoms with Crippen molar-refractivity contribution in [1.82, 2.24) is 20.2 Å². The van der Waals surface area contributed by atoms with E-state index in [0.29, 0.717) is 25.8 Å². The van der Waals surface area contributed by atoms with E-state index in [-0.39, 0.29) is 17.9 Å². The molecule has 0 aliphatic carbocycles. The molecule has 0 unspecified atom stereocenters. The van der Waals surface area contributed by atoms with Gasteiger partial charge in [0.25, 0.3) is 0 Å². The molecule has 2 heterocycles. The fourth-order valence-electron chi connectivity index (χ4n) is 4.72. The number of hydrogen-bond acceptors (Lipinski definition) is 3. The standard InChI is InChI=1S/C28H28N4O2/c33-26(18-17-25-29-22-14-7-8-15-23(22)30-25)32-19-9-16-24(32)28(34)31-27(20-10-3-1-4-11-20)21-12-5-2-6-13-21/h1-8,10-15,24,27H,9,16-19H2,(H,29,30)(H,31,34)/t24-/m0/s1. The van der Waals surface area contributed by atoms with E-state index in [4.69, 9.17) is 0 Å². The lowest BCUT2D eigenvalue weighted by Crippen LogP contribution is -2.47. The number of benzene rings is 3. The zero-order valence-corrected chi connectivity index (χ0v) is 19.0. The number of aromatic nitrogens is 2. The Hall–Kier alpha value is -3.93. The number of aryl methyl sites for hydroxylation is 1. The lowest BCUT2D eigenvalue weighted by atomic mass is 9.98. The van der Waals surface area contributed by atoms with E-state index in [1.807, 2.05) is 84.9 Å². The number of para-hydroxylation sites is 2. The normalized spacial score (nSPS) is 15.7. The topological polar surface area (TPSA) is 78.1 Å². The maximum atomic E-state index is 13.4. The Kier molecular flexibility index (Phi) is 6.38. The highest BCUT2D eigenvalue weighted by Crippen LogP contribution is 2.25. The third-order valence-corrected chi connectivity index (χ3v) is 6.44. The van der Waals surface area contributed by atoms with Crippen LogP contribution in [0.2, 0.25) is 0 Å². The Morgan fingerprint density at radius 2 is 1.59 bits per heavy atom. The van der Waals surface area contributed by atoms with Gasteiger partial charge in [-0.05, 0) is 36.1 Å². The van der Waals surface area contributed by atoms with Crippen molar-refractivity contribution in [3.05, 3.63) is 102 Å². The number of fused-ring (bicyclic) bond motifs is 1. The van der Waals surface area contributed by atoms with Gasteiger partial charge < -0.3 is 15.2 Å². The van der Waals surface area contributed by atoms with Crippen molar-refractivity contribution in [2.45, 2.75) is 37.8 Å². The molecular formula is C28H28N4O2. The molecular weight excluding hydrogens is 424 g/mol. The minimum atomic E-state index is -0.446. The molecule has 172 valence electrons. The van der Waals surface area contributed by atoms with Crippen molar-refractivity contribution in [1.29, 1.82) is 0 Å². The minimum Gasteiger partial charge on any atom is -0.343 e. The van der Waals surface area contributed by atoms with Crippen molar-refractivity contribution < 1.29 is 9.59 Å². The highest BCUT2D eigenvalue weighted by molar-refractivity contribution is 5.88. The molecule has 0 saturated carbocycles. The molecule has 1 aliphatic heterocycles. The molecule has 1 aliphatic rings. The van der Waals surface area contributed by atoms with Gasteiger partial charge in [0.2, 0.25) is 11.8 Å². The van der Waals surface area contributed by atoms with Gasteiger partial charge in [-0.1, -0.05) is 72.8 Å². The number of imidazole rings is 1. The number of H-pyrrole nitrogens is 1. The number of nitrogens with zero attached hydrogens (tertiary/aromatic N) is 2. The van der Waals surface area contributed by atoms with Gasteiger partial charge in [-0.2, -0.15) is 0 Å². The Labute approximate surface area is 199 Å². The zero-order valence-electron chi connectivity index (χ0n) is 19.0. The average Bonchev–Trinajstić information content (AvgIpc) is 3.54. The van der Waals surface area contributed by atoms with Gasteiger partial charge in [0, 0.05) is 19.4 Å². The van der Waals surface area contributed by atoms with Gasteiger partial charge in [0.1, 0.15) is 11.9 Å². The summed E-state index contributed by atoms with van der Waals surface area (Å²) in [5.74, 6) is 0.685. The number of amides is 2. The van der Waals surface area contributed by atoms with Crippen LogP contribution in [0, 0.1) is 0 Å². The van der Waals surface area contributed by atoms with E-state index >= 15 is 0 Å². The highest BCUT2D eigenvalue weighted by atomic mass is 16.2. The number of aromatic amines is 1. The van der Waals surface area contributed by atoms with Crippen molar-refractivity contribution in [2.24, 2.45) is 0 Å². The van der Waals surface area contributed by atoms with E-state index in [9.17, 15) is 9.59 Å². The molecule has 1 aromatic heterocycles. The number of carbonyl (C=O) groups excluding carboxylic acids is 2. The molecule has 6 heteroatoms. The summed E-state index contributed by atoms with van der Waals surface area (Å²) in [5, 5.41) is 3.22. The maximum absolute atomic E-state index is 13.4. The van der Waals surface area contributed by atoms with Crippen molar-refractivity contribution in [3.63, 3.8) is 0 Å². The lowest BCUT2D eigenvalue weighted by Gasteiger charge is -2.27. The Morgan fingerprint density at radius 1 is 0.941 bits per heavy atom. The zero-order chi connectivity index (χ0) is 23.3. The molecule has 5 rings (SSSR count). The van der Waals surface area contributed by atoms with Crippen LogP contribution in [-0.4, -0.2) is 39.3 Å². The summed E-state index contributed by atoms with van der Waals surface area (Å²) in [5.41, 5.74) is 3.90. The second-order valence-corrected chi connectivity index (χ2v) is 8.71. The lowest BCUT2D eigenvalue weighted by molar-refractivity contribution is -0.138. The van der Waals surface area contributed by atoms with Crippen LogP contribution in [0.25, 0.3) is 11.0 Å². The number of hydrogen-bond donors (Lipinski definition) is 2. The van der Waals surface area contributed by atoms with E-state index < -0.39 is 6.04 Å². The summed E-state index contributed by atoms with van der Waals surface area (Å²) in [4.78, 5) is 36.0. The Bertz CT molecular complexity index is 1200. The quantitative estimate of drug-likeness (QED) is 0.437. The molecule has 3 aromatic carbocycles. The first kappa shape index (κ1) is 21.9. The third-order valence-electron chi connectivity index (χ3n) is 6.44. The molecule has 0 bridgehead atoms. The highest BCUT2D eigenvalue weighted by Gasteiger charge is 2.35. The first-order valence-electron chi connectivity index (χ1n) is 11.8. The van der Waals surface area contributed by atoms with E-state index in [1.165, 1.54) is 0 Å². The maximum Gasteiger partial charge on any atom is 0.243 e. The number of likely N-dealkylation sites (tertiary alicyclic amines) is 1. The summed E-state index contributed by atoms with van der Waals surface area (Å²) >= 11 is 0. The average molecular weight is 453 g/mol. The Morgan fingerprint density at radius 3 is 2.26 bits per heavy atom. The van der Waals surface area contributed by atoms with Crippen LogP contribution in [0.5, 0.6) is 0 Å². The second kappa shape index (κ2) is 9.91. The Balaban J connectivity index is 1.27. The summed E-state index contributed by atoms with van der Waals surface area (Å²) in [6.07, 6.45) is 2.35. The van der Waals surface area contributed by atoms with Gasteiger partial charge in [0.05, 0.1) is 17.1 Å². The second-order valence-electron chi connectivity index (χ2n) is 8.71. The monoisotopic (exact) mass is 452 g/mol. The fraction of sp³-hybridized carbons (Fsp3) is 0.250.